The second-order valence-corrected chi connectivity index (χ2v) is 5.40. The van der Waals surface area contributed by atoms with Crippen LogP contribution in [0, 0.1) is 0 Å². The van der Waals surface area contributed by atoms with E-state index >= 15 is 0 Å². The average molecular weight is 266 g/mol. The van der Waals surface area contributed by atoms with Gasteiger partial charge in [0, 0.05) is 30.5 Å². The van der Waals surface area contributed by atoms with E-state index in [9.17, 15) is 0 Å². The summed E-state index contributed by atoms with van der Waals surface area (Å²) in [6, 6.07) is 20.1. The first kappa shape index (κ1) is 13.0. The smallest absolute Gasteiger partial charge is 0.0400 e. The Morgan fingerprint density at radius 3 is 2.30 bits per heavy atom. The number of hydrogen-bond donors (Lipinski definition) is 1. The molecule has 0 bridgehead atoms. The van der Waals surface area contributed by atoms with Crippen LogP contribution in [0.2, 0.25) is 0 Å². The van der Waals surface area contributed by atoms with E-state index in [1.807, 2.05) is 6.07 Å². The minimum absolute atomic E-state index is 0.785. The number of para-hydroxylation sites is 1. The number of benzene rings is 2. The number of nitrogens with zero attached hydrogens (tertiary/aromatic N) is 1. The molecule has 1 aliphatic rings. The van der Waals surface area contributed by atoms with Crippen molar-refractivity contribution in [2.75, 3.05) is 16.8 Å². The Morgan fingerprint density at radius 1 is 1.00 bits per heavy atom. The summed E-state index contributed by atoms with van der Waals surface area (Å²) < 4.78 is 0. The van der Waals surface area contributed by atoms with Gasteiger partial charge in [-0.25, -0.2) is 0 Å². The Bertz CT molecular complexity index is 529. The van der Waals surface area contributed by atoms with Gasteiger partial charge in [-0.1, -0.05) is 30.3 Å². The highest BCUT2D eigenvalue weighted by molar-refractivity contribution is 5.50. The van der Waals surface area contributed by atoms with Crippen LogP contribution in [0.4, 0.5) is 11.4 Å². The van der Waals surface area contributed by atoms with Crippen LogP contribution in [0.15, 0.2) is 54.6 Å². The summed E-state index contributed by atoms with van der Waals surface area (Å²) in [5.74, 6) is 0. The number of nitrogens with one attached hydrogen (secondary N) is 1. The zero-order chi connectivity index (χ0) is 13.8. The van der Waals surface area contributed by atoms with Gasteiger partial charge >= 0.3 is 0 Å². The fraction of sp³-hybridized carbons (Fsp3) is 0.333. The molecule has 2 heteroatoms. The summed E-state index contributed by atoms with van der Waals surface area (Å²) in [5.41, 5.74) is 3.85. The molecule has 3 rings (SSSR count). The van der Waals surface area contributed by atoms with Crippen molar-refractivity contribution in [1.82, 2.24) is 0 Å². The van der Waals surface area contributed by atoms with Crippen LogP contribution < -0.4 is 10.2 Å². The Kier molecular flexibility index (Phi) is 3.91. The standard InChI is InChI=1S/C18H22N2/c1-2-20(18-12-13-18)17-10-8-15(9-11-17)14-19-16-6-4-3-5-7-16/h3-11,18-19H,2,12-14H2,1H3. The molecule has 20 heavy (non-hydrogen) atoms. The fourth-order valence-electron chi connectivity index (χ4n) is 2.60. The molecule has 0 spiro atoms. The monoisotopic (exact) mass is 266 g/mol. The lowest BCUT2D eigenvalue weighted by atomic mass is 10.2. The summed E-state index contributed by atoms with van der Waals surface area (Å²) in [4.78, 5) is 2.51. The maximum absolute atomic E-state index is 3.45. The first-order valence-electron chi connectivity index (χ1n) is 7.51. The third-order valence-electron chi connectivity index (χ3n) is 3.87. The molecule has 0 atom stereocenters. The predicted molar refractivity (Wildman–Crippen MR) is 86.3 cm³/mol. The van der Waals surface area contributed by atoms with E-state index in [0.717, 1.165) is 19.1 Å². The molecule has 0 saturated heterocycles. The minimum atomic E-state index is 0.785. The van der Waals surface area contributed by atoms with Gasteiger partial charge in [0.15, 0.2) is 0 Å². The van der Waals surface area contributed by atoms with Gasteiger partial charge in [-0.3, -0.25) is 0 Å². The minimum Gasteiger partial charge on any atom is -0.381 e. The molecule has 2 nitrogen and oxygen atoms in total. The highest BCUT2D eigenvalue weighted by atomic mass is 15.2. The van der Waals surface area contributed by atoms with E-state index in [2.05, 4.69) is 65.7 Å². The van der Waals surface area contributed by atoms with Crippen LogP contribution in [0.3, 0.4) is 0 Å². The third-order valence-corrected chi connectivity index (χ3v) is 3.87. The van der Waals surface area contributed by atoms with Gasteiger partial charge in [0.05, 0.1) is 0 Å². The Balaban J connectivity index is 1.61. The van der Waals surface area contributed by atoms with E-state index in [-0.39, 0.29) is 0 Å². The first-order valence-corrected chi connectivity index (χ1v) is 7.51. The highest BCUT2D eigenvalue weighted by Gasteiger charge is 2.27. The number of hydrogen-bond acceptors (Lipinski definition) is 2. The normalized spacial score (nSPS) is 14.1. The second-order valence-electron chi connectivity index (χ2n) is 5.40. The van der Waals surface area contributed by atoms with Crippen LogP contribution >= 0.6 is 0 Å². The molecule has 0 amide bonds. The van der Waals surface area contributed by atoms with Crippen molar-refractivity contribution in [3.8, 4) is 0 Å². The predicted octanol–water partition coefficient (Wildman–Crippen LogP) is 4.29. The van der Waals surface area contributed by atoms with Crippen molar-refractivity contribution >= 4 is 11.4 Å². The van der Waals surface area contributed by atoms with Crippen molar-refractivity contribution in [1.29, 1.82) is 0 Å². The summed E-state index contributed by atoms with van der Waals surface area (Å²) in [6.45, 7) is 4.22. The molecular weight excluding hydrogens is 244 g/mol. The van der Waals surface area contributed by atoms with Crippen molar-refractivity contribution in [3.63, 3.8) is 0 Å². The highest BCUT2D eigenvalue weighted by Crippen LogP contribution is 2.31. The van der Waals surface area contributed by atoms with Crippen molar-refractivity contribution in [3.05, 3.63) is 60.2 Å². The molecule has 0 radical (unpaired) electrons. The molecule has 0 unspecified atom stereocenters. The van der Waals surface area contributed by atoms with Crippen molar-refractivity contribution in [2.45, 2.75) is 32.4 Å². The Morgan fingerprint density at radius 2 is 1.70 bits per heavy atom. The first-order chi connectivity index (χ1) is 9.86. The summed E-state index contributed by atoms with van der Waals surface area (Å²) >= 11 is 0. The maximum atomic E-state index is 3.45. The molecule has 104 valence electrons. The Labute approximate surface area is 121 Å². The molecule has 2 aromatic rings. The van der Waals surface area contributed by atoms with Crippen LogP contribution in [0.25, 0.3) is 0 Å². The third kappa shape index (κ3) is 3.13. The molecule has 0 heterocycles. The van der Waals surface area contributed by atoms with Crippen molar-refractivity contribution < 1.29 is 0 Å². The van der Waals surface area contributed by atoms with E-state index in [1.165, 1.54) is 29.8 Å². The van der Waals surface area contributed by atoms with Crippen molar-refractivity contribution in [2.24, 2.45) is 0 Å². The molecule has 1 N–H and O–H groups in total. The van der Waals surface area contributed by atoms with E-state index < -0.39 is 0 Å². The van der Waals surface area contributed by atoms with Gasteiger partial charge in [-0.15, -0.1) is 0 Å². The topological polar surface area (TPSA) is 15.3 Å². The largest absolute Gasteiger partial charge is 0.381 e. The zero-order valence-corrected chi connectivity index (χ0v) is 12.0. The van der Waals surface area contributed by atoms with Gasteiger partial charge in [0.2, 0.25) is 0 Å². The van der Waals surface area contributed by atoms with E-state index in [4.69, 9.17) is 0 Å². The summed E-state index contributed by atoms with van der Waals surface area (Å²) in [6.07, 6.45) is 2.70. The van der Waals surface area contributed by atoms with Gasteiger partial charge < -0.3 is 10.2 Å². The van der Waals surface area contributed by atoms with Crippen LogP contribution in [0.5, 0.6) is 0 Å². The number of anilines is 2. The second kappa shape index (κ2) is 6.00. The zero-order valence-electron chi connectivity index (χ0n) is 12.0. The van der Waals surface area contributed by atoms with Crippen LogP contribution in [0.1, 0.15) is 25.3 Å². The lowest BCUT2D eigenvalue weighted by Crippen LogP contribution is -2.24. The molecule has 1 saturated carbocycles. The van der Waals surface area contributed by atoms with Crippen LogP contribution in [-0.2, 0) is 6.54 Å². The molecule has 0 aliphatic heterocycles. The summed E-state index contributed by atoms with van der Waals surface area (Å²) in [7, 11) is 0. The lowest BCUT2D eigenvalue weighted by Gasteiger charge is -2.23. The average Bonchev–Trinajstić information content (AvgIpc) is 3.33. The molecular formula is C18H22N2. The van der Waals surface area contributed by atoms with E-state index in [0.29, 0.717) is 0 Å². The fourth-order valence-corrected chi connectivity index (χ4v) is 2.60. The van der Waals surface area contributed by atoms with Gasteiger partial charge in [-0.05, 0) is 49.6 Å². The van der Waals surface area contributed by atoms with Gasteiger partial charge in [0.25, 0.3) is 0 Å². The molecule has 2 aromatic carbocycles. The van der Waals surface area contributed by atoms with Crippen LogP contribution in [-0.4, -0.2) is 12.6 Å². The van der Waals surface area contributed by atoms with E-state index in [1.54, 1.807) is 0 Å². The maximum Gasteiger partial charge on any atom is 0.0400 e. The lowest BCUT2D eigenvalue weighted by molar-refractivity contribution is 0.826. The molecule has 1 aliphatic carbocycles. The number of rotatable bonds is 6. The summed E-state index contributed by atoms with van der Waals surface area (Å²) in [5, 5.41) is 3.45. The quantitative estimate of drug-likeness (QED) is 0.839. The van der Waals surface area contributed by atoms with Gasteiger partial charge in [-0.2, -0.15) is 0 Å². The molecule has 0 aromatic heterocycles. The Hall–Kier alpha value is -1.96. The molecule has 1 fully saturated rings. The van der Waals surface area contributed by atoms with Gasteiger partial charge in [0.1, 0.15) is 0 Å². The SMILES string of the molecule is CCN(c1ccc(CNc2ccccc2)cc1)C1CC1.